The number of carbonyl (C=O) groups is 4. The van der Waals surface area contributed by atoms with Gasteiger partial charge in [-0.2, -0.15) is 0 Å². The van der Waals surface area contributed by atoms with Gasteiger partial charge in [0.1, 0.15) is 6.04 Å². The number of ketones is 1. The van der Waals surface area contributed by atoms with E-state index in [2.05, 4.69) is 10.6 Å². The lowest BCUT2D eigenvalue weighted by Crippen LogP contribution is -2.53. The minimum atomic E-state index is -1.04. The van der Waals surface area contributed by atoms with Gasteiger partial charge in [0, 0.05) is 11.4 Å². The molecule has 0 saturated carbocycles. The van der Waals surface area contributed by atoms with E-state index in [1.54, 1.807) is 49.4 Å². The van der Waals surface area contributed by atoms with Crippen LogP contribution >= 0.6 is 0 Å². The number of ether oxygens (including phenoxy) is 1. The Labute approximate surface area is 236 Å². The molecule has 10 heteroatoms. The summed E-state index contributed by atoms with van der Waals surface area (Å²) in [6.07, 6.45) is 1.40. The third kappa shape index (κ3) is 6.11. The number of rotatable bonds is 8. The Kier molecular flexibility index (Phi) is 8.10. The topological polar surface area (TPSA) is 121 Å². The van der Waals surface area contributed by atoms with E-state index < -0.39 is 23.9 Å². The van der Waals surface area contributed by atoms with Crippen LogP contribution in [0, 0.1) is 0 Å². The average molecular weight is 553 g/mol. The molecule has 0 spiro atoms. The predicted octanol–water partition coefficient (Wildman–Crippen LogP) is 5.01. The molecule has 0 bridgehead atoms. The van der Waals surface area contributed by atoms with Crippen LogP contribution in [0.5, 0.6) is 0 Å². The summed E-state index contributed by atoms with van der Waals surface area (Å²) < 4.78 is 10.3. The highest BCUT2D eigenvalue weighted by molar-refractivity contribution is 6.10. The summed E-state index contributed by atoms with van der Waals surface area (Å²) in [5, 5.41) is 5.46. The summed E-state index contributed by atoms with van der Waals surface area (Å²) in [5.41, 5.74) is 2.66. The third-order valence-corrected chi connectivity index (χ3v) is 6.50. The normalized spacial score (nSPS) is 14.6. The highest BCUT2D eigenvalue weighted by Gasteiger charge is 2.36. The van der Waals surface area contributed by atoms with E-state index in [4.69, 9.17) is 9.15 Å². The minimum absolute atomic E-state index is 0.0988. The molecule has 2 heterocycles. The molecular weight excluding hydrogens is 524 g/mol. The molecule has 0 fully saturated rings. The van der Waals surface area contributed by atoms with E-state index in [1.807, 2.05) is 47.4 Å². The molecule has 5 rings (SSSR count). The van der Waals surface area contributed by atoms with Crippen molar-refractivity contribution in [1.82, 2.24) is 5.32 Å². The van der Waals surface area contributed by atoms with Crippen molar-refractivity contribution in [2.45, 2.75) is 13.0 Å². The van der Waals surface area contributed by atoms with Gasteiger partial charge in [0.25, 0.3) is 5.91 Å². The smallest absolute Gasteiger partial charge is 0.338 e. The summed E-state index contributed by atoms with van der Waals surface area (Å²) >= 11 is 0. The van der Waals surface area contributed by atoms with Crippen LogP contribution in [0.4, 0.5) is 27.5 Å². The van der Waals surface area contributed by atoms with Gasteiger partial charge in [-0.25, -0.2) is 9.59 Å². The Hall–Kier alpha value is -5.38. The largest absolute Gasteiger partial charge is 0.462 e. The molecule has 2 N–H and O–H groups in total. The lowest BCUT2D eigenvalue weighted by Gasteiger charge is -2.27. The number of benzene rings is 3. The number of fused-ring (bicyclic) bond motifs is 1. The first-order valence-electron chi connectivity index (χ1n) is 13.1. The standard InChI is InChI=1S/C31H28N4O6/c1-2-40-30(38)21-10-8-11-22(18-21)32-31(39)33-24-19-34(23-12-4-3-5-13-23)25-14-6-7-15-26(25)35(29(24)37)20-27(36)28-16-9-17-41-28/h3-18,24H,2,19-20H2,1H3,(H2,32,33,39). The van der Waals surface area contributed by atoms with Crippen LogP contribution in [0.3, 0.4) is 0 Å². The summed E-state index contributed by atoms with van der Waals surface area (Å²) in [7, 11) is 0. The first-order chi connectivity index (χ1) is 19.9. The molecule has 1 aliphatic rings. The Morgan fingerprint density at radius 2 is 1.68 bits per heavy atom. The van der Waals surface area contributed by atoms with E-state index in [9.17, 15) is 19.2 Å². The fourth-order valence-corrected chi connectivity index (χ4v) is 4.63. The van der Waals surface area contributed by atoms with Gasteiger partial charge in [-0.15, -0.1) is 0 Å². The Bertz CT molecular complexity index is 1550. The van der Waals surface area contributed by atoms with Crippen molar-refractivity contribution in [3.05, 3.63) is 109 Å². The van der Waals surface area contributed by atoms with Gasteiger partial charge in [-0.05, 0) is 61.5 Å². The Balaban J connectivity index is 1.45. The number of hydrogen-bond donors (Lipinski definition) is 2. The number of para-hydroxylation sites is 3. The molecule has 1 unspecified atom stereocenters. The maximum Gasteiger partial charge on any atom is 0.338 e. The van der Waals surface area contributed by atoms with Crippen molar-refractivity contribution >= 4 is 46.4 Å². The van der Waals surface area contributed by atoms with Gasteiger partial charge in [0.05, 0.1) is 42.9 Å². The van der Waals surface area contributed by atoms with Crippen molar-refractivity contribution in [3.8, 4) is 0 Å². The molecule has 10 nitrogen and oxygen atoms in total. The zero-order valence-corrected chi connectivity index (χ0v) is 22.3. The predicted molar refractivity (Wildman–Crippen MR) is 154 cm³/mol. The van der Waals surface area contributed by atoms with Crippen LogP contribution < -0.4 is 20.4 Å². The molecule has 0 radical (unpaired) electrons. The van der Waals surface area contributed by atoms with Crippen LogP contribution in [-0.2, 0) is 9.53 Å². The molecule has 4 aromatic rings. The molecule has 41 heavy (non-hydrogen) atoms. The van der Waals surface area contributed by atoms with Crippen LogP contribution in [0.2, 0.25) is 0 Å². The van der Waals surface area contributed by atoms with Gasteiger partial charge >= 0.3 is 12.0 Å². The van der Waals surface area contributed by atoms with Crippen molar-refractivity contribution in [3.63, 3.8) is 0 Å². The lowest BCUT2D eigenvalue weighted by atomic mass is 10.2. The van der Waals surface area contributed by atoms with E-state index in [-0.39, 0.29) is 36.8 Å². The second-order valence-corrected chi connectivity index (χ2v) is 9.21. The second-order valence-electron chi connectivity index (χ2n) is 9.21. The third-order valence-electron chi connectivity index (χ3n) is 6.50. The fraction of sp³-hybridized carbons (Fsp3) is 0.161. The molecule has 1 atom stereocenters. The molecule has 1 aliphatic heterocycles. The molecule has 0 aliphatic carbocycles. The van der Waals surface area contributed by atoms with Crippen molar-refractivity contribution in [2.24, 2.45) is 0 Å². The van der Waals surface area contributed by atoms with E-state index in [0.717, 1.165) is 5.69 Å². The first-order valence-corrected chi connectivity index (χ1v) is 13.1. The number of amides is 3. The van der Waals surface area contributed by atoms with E-state index in [1.165, 1.54) is 17.2 Å². The number of nitrogens with zero attached hydrogens (tertiary/aromatic N) is 2. The minimum Gasteiger partial charge on any atom is -0.462 e. The van der Waals surface area contributed by atoms with Crippen molar-refractivity contribution in [1.29, 1.82) is 0 Å². The number of urea groups is 1. The zero-order chi connectivity index (χ0) is 28.8. The van der Waals surface area contributed by atoms with Gasteiger partial charge in [-0.1, -0.05) is 36.4 Å². The molecule has 208 valence electrons. The number of anilines is 4. The maximum atomic E-state index is 14.0. The first kappa shape index (κ1) is 27.2. The zero-order valence-electron chi connectivity index (χ0n) is 22.3. The average Bonchev–Trinajstić information content (AvgIpc) is 3.51. The lowest BCUT2D eigenvalue weighted by molar-refractivity contribution is -0.120. The monoisotopic (exact) mass is 552 g/mol. The van der Waals surface area contributed by atoms with Crippen LogP contribution in [0.15, 0.2) is 102 Å². The number of esters is 1. The van der Waals surface area contributed by atoms with Crippen LogP contribution in [0.1, 0.15) is 27.8 Å². The number of nitrogens with one attached hydrogen (secondary N) is 2. The molecular formula is C31H28N4O6. The van der Waals surface area contributed by atoms with Crippen molar-refractivity contribution < 1.29 is 28.3 Å². The Morgan fingerprint density at radius 3 is 2.41 bits per heavy atom. The molecule has 0 saturated heterocycles. The number of carbonyl (C=O) groups excluding carboxylic acids is 4. The maximum absolute atomic E-state index is 14.0. The number of furan rings is 1. The fourth-order valence-electron chi connectivity index (χ4n) is 4.63. The van der Waals surface area contributed by atoms with Gasteiger partial charge in [0.2, 0.25) is 5.78 Å². The quantitative estimate of drug-likeness (QED) is 0.233. The van der Waals surface area contributed by atoms with Crippen LogP contribution in [0.25, 0.3) is 0 Å². The van der Waals surface area contributed by atoms with Gasteiger partial charge in [-0.3, -0.25) is 9.59 Å². The number of Topliss-reactive ketones (excluding diaryl/α,β-unsaturated/α-hetero) is 1. The molecule has 3 aromatic carbocycles. The van der Waals surface area contributed by atoms with Gasteiger partial charge in [0.15, 0.2) is 5.76 Å². The molecule has 3 amide bonds. The SMILES string of the molecule is CCOC(=O)c1cccc(NC(=O)NC2CN(c3ccccc3)c3ccccc3N(CC(=O)c3ccco3)C2=O)c1. The highest BCUT2D eigenvalue weighted by atomic mass is 16.5. The summed E-state index contributed by atoms with van der Waals surface area (Å²) in [6.45, 7) is 1.74. The summed E-state index contributed by atoms with van der Waals surface area (Å²) in [5.74, 6) is -1.23. The van der Waals surface area contributed by atoms with Crippen molar-refractivity contribution in [2.75, 3.05) is 34.8 Å². The number of hydrogen-bond acceptors (Lipinski definition) is 7. The molecule has 1 aromatic heterocycles. The van der Waals surface area contributed by atoms with E-state index >= 15 is 0 Å². The highest BCUT2D eigenvalue weighted by Crippen LogP contribution is 2.37. The van der Waals surface area contributed by atoms with Gasteiger partial charge < -0.3 is 29.6 Å². The summed E-state index contributed by atoms with van der Waals surface area (Å²) in [6, 6.07) is 24.5. The Morgan fingerprint density at radius 1 is 0.927 bits per heavy atom. The van der Waals surface area contributed by atoms with Crippen LogP contribution in [-0.4, -0.2) is 49.4 Å². The van der Waals surface area contributed by atoms with E-state index in [0.29, 0.717) is 17.1 Å². The summed E-state index contributed by atoms with van der Waals surface area (Å²) in [4.78, 5) is 55.7. The second kappa shape index (κ2) is 12.2.